The smallest absolute Gasteiger partial charge is 0.0973 e. The topological polar surface area (TPSA) is 25.8 Å². The van der Waals surface area contributed by atoms with Gasteiger partial charge in [0.25, 0.3) is 0 Å². The Bertz CT molecular complexity index is 2930. The molecular formula is C56H38N2. The van der Waals surface area contributed by atoms with Crippen molar-refractivity contribution >= 4 is 10.8 Å². The van der Waals surface area contributed by atoms with Crippen LogP contribution < -0.4 is 0 Å². The molecule has 0 bridgehead atoms. The van der Waals surface area contributed by atoms with E-state index in [0.29, 0.717) is 0 Å². The lowest BCUT2D eigenvalue weighted by Gasteiger charge is -2.21. The molecule has 1 heterocycles. The van der Waals surface area contributed by atoms with E-state index >= 15 is 0 Å². The van der Waals surface area contributed by atoms with E-state index in [9.17, 15) is 0 Å². The lowest BCUT2D eigenvalue weighted by molar-refractivity contribution is 1.21. The Labute approximate surface area is 339 Å². The van der Waals surface area contributed by atoms with Crippen molar-refractivity contribution in [3.63, 3.8) is 0 Å². The summed E-state index contributed by atoms with van der Waals surface area (Å²) in [6.45, 7) is 0. The Hall–Kier alpha value is -7.68. The molecule has 10 aromatic rings. The SMILES string of the molecule is c1ccc(-c2cc(-c3nc(-c4ccccc4)c(-c4ccccc4)nc3-c3ccc(-c4cccc5ccccc45)cc3)cc(-c3ccccc3)c2-c2ccccc2)cc1. The summed E-state index contributed by atoms with van der Waals surface area (Å²) in [6.07, 6.45) is 0. The van der Waals surface area contributed by atoms with Crippen LogP contribution in [0.25, 0.3) is 100 Å². The van der Waals surface area contributed by atoms with E-state index in [2.05, 4.69) is 218 Å². The number of aromatic nitrogens is 2. The summed E-state index contributed by atoms with van der Waals surface area (Å²) >= 11 is 0. The minimum atomic E-state index is 0.824. The average Bonchev–Trinajstić information content (AvgIpc) is 3.32. The highest BCUT2D eigenvalue weighted by atomic mass is 14.9. The zero-order valence-electron chi connectivity index (χ0n) is 31.8. The van der Waals surface area contributed by atoms with Gasteiger partial charge in [-0.3, -0.25) is 0 Å². The highest BCUT2D eigenvalue weighted by Gasteiger charge is 2.23. The summed E-state index contributed by atoms with van der Waals surface area (Å²) in [5.41, 5.74) is 16.6. The van der Waals surface area contributed by atoms with Gasteiger partial charge in [-0.15, -0.1) is 0 Å². The fraction of sp³-hybridized carbons (Fsp3) is 0. The number of rotatable bonds is 8. The first-order valence-corrected chi connectivity index (χ1v) is 19.7. The van der Waals surface area contributed by atoms with Crippen LogP contribution in [0.1, 0.15) is 0 Å². The number of benzene rings is 9. The van der Waals surface area contributed by atoms with E-state index in [4.69, 9.17) is 9.97 Å². The number of nitrogens with zero attached hydrogens (tertiary/aromatic N) is 2. The molecule has 0 aliphatic heterocycles. The quantitative estimate of drug-likeness (QED) is 0.155. The largest absolute Gasteiger partial charge is 0.243 e. The van der Waals surface area contributed by atoms with Crippen LogP contribution in [0.2, 0.25) is 0 Å². The first kappa shape index (κ1) is 34.8. The summed E-state index contributed by atoms with van der Waals surface area (Å²) in [5.74, 6) is 0. The van der Waals surface area contributed by atoms with Crippen LogP contribution in [0.4, 0.5) is 0 Å². The molecule has 58 heavy (non-hydrogen) atoms. The zero-order chi connectivity index (χ0) is 38.7. The molecule has 0 radical (unpaired) electrons. The van der Waals surface area contributed by atoms with E-state index in [-0.39, 0.29) is 0 Å². The highest BCUT2D eigenvalue weighted by molar-refractivity contribution is 6.00. The van der Waals surface area contributed by atoms with Gasteiger partial charge >= 0.3 is 0 Å². The van der Waals surface area contributed by atoms with Gasteiger partial charge in [0.2, 0.25) is 0 Å². The van der Waals surface area contributed by atoms with Crippen LogP contribution in [0, 0.1) is 0 Å². The molecule has 10 rings (SSSR count). The lowest BCUT2D eigenvalue weighted by Crippen LogP contribution is -2.02. The maximum absolute atomic E-state index is 5.70. The first-order chi connectivity index (χ1) is 28.8. The number of hydrogen-bond donors (Lipinski definition) is 0. The predicted molar refractivity (Wildman–Crippen MR) is 243 cm³/mol. The van der Waals surface area contributed by atoms with Crippen LogP contribution >= 0.6 is 0 Å². The molecular weight excluding hydrogens is 701 g/mol. The number of hydrogen-bond acceptors (Lipinski definition) is 2. The molecule has 272 valence electrons. The Morgan fingerprint density at radius 2 is 0.569 bits per heavy atom. The second-order valence-electron chi connectivity index (χ2n) is 14.5. The van der Waals surface area contributed by atoms with Gasteiger partial charge in [-0.05, 0) is 67.4 Å². The van der Waals surface area contributed by atoms with Crippen molar-refractivity contribution in [1.29, 1.82) is 0 Å². The molecule has 0 fully saturated rings. The number of fused-ring (bicyclic) bond motifs is 1. The molecule has 0 amide bonds. The van der Waals surface area contributed by atoms with Crippen molar-refractivity contribution in [2.24, 2.45) is 0 Å². The van der Waals surface area contributed by atoms with Crippen molar-refractivity contribution in [3.05, 3.63) is 231 Å². The van der Waals surface area contributed by atoms with Crippen LogP contribution in [0.3, 0.4) is 0 Å². The van der Waals surface area contributed by atoms with Gasteiger partial charge in [0, 0.05) is 22.3 Å². The molecule has 0 aliphatic rings. The van der Waals surface area contributed by atoms with Crippen LogP contribution in [-0.2, 0) is 0 Å². The summed E-state index contributed by atoms with van der Waals surface area (Å²) in [6, 6.07) is 81.6. The minimum absolute atomic E-state index is 0.824. The molecule has 0 atom stereocenters. The van der Waals surface area contributed by atoms with Gasteiger partial charge in [-0.2, -0.15) is 0 Å². The Morgan fingerprint density at radius 3 is 1.07 bits per heavy atom. The molecule has 1 aromatic heterocycles. The average molecular weight is 739 g/mol. The molecule has 0 saturated heterocycles. The molecule has 9 aromatic carbocycles. The second-order valence-corrected chi connectivity index (χ2v) is 14.5. The highest BCUT2D eigenvalue weighted by Crippen LogP contribution is 2.45. The summed E-state index contributed by atoms with van der Waals surface area (Å²) in [4.78, 5) is 11.3. The van der Waals surface area contributed by atoms with Gasteiger partial charge < -0.3 is 0 Å². The van der Waals surface area contributed by atoms with Crippen LogP contribution in [0.15, 0.2) is 231 Å². The molecule has 2 nitrogen and oxygen atoms in total. The third-order valence-corrected chi connectivity index (χ3v) is 10.9. The Kier molecular flexibility index (Phi) is 9.27. The van der Waals surface area contributed by atoms with Gasteiger partial charge in [-0.1, -0.05) is 218 Å². The summed E-state index contributed by atoms with van der Waals surface area (Å²) in [5, 5.41) is 2.46. The maximum atomic E-state index is 5.70. The normalized spacial score (nSPS) is 11.1. The molecule has 0 saturated carbocycles. The fourth-order valence-electron chi connectivity index (χ4n) is 8.10. The molecule has 0 unspecified atom stereocenters. The Balaban J connectivity index is 1.27. The van der Waals surface area contributed by atoms with Gasteiger partial charge in [-0.25, -0.2) is 9.97 Å². The van der Waals surface area contributed by atoms with Gasteiger partial charge in [0.15, 0.2) is 0 Å². The van der Waals surface area contributed by atoms with Gasteiger partial charge in [0.1, 0.15) is 0 Å². The van der Waals surface area contributed by atoms with Crippen molar-refractivity contribution in [2.75, 3.05) is 0 Å². The van der Waals surface area contributed by atoms with Crippen molar-refractivity contribution in [3.8, 4) is 89.5 Å². The van der Waals surface area contributed by atoms with E-state index in [1.807, 2.05) is 12.1 Å². The van der Waals surface area contributed by atoms with E-state index in [1.54, 1.807) is 0 Å². The lowest BCUT2D eigenvalue weighted by atomic mass is 9.85. The second kappa shape index (κ2) is 15.5. The maximum Gasteiger partial charge on any atom is 0.0973 e. The fourth-order valence-corrected chi connectivity index (χ4v) is 8.10. The molecule has 0 N–H and O–H groups in total. The minimum Gasteiger partial charge on any atom is -0.243 e. The van der Waals surface area contributed by atoms with Crippen LogP contribution in [-0.4, -0.2) is 9.97 Å². The van der Waals surface area contributed by atoms with Crippen LogP contribution in [0.5, 0.6) is 0 Å². The summed E-state index contributed by atoms with van der Waals surface area (Å²) in [7, 11) is 0. The van der Waals surface area contributed by atoms with Crippen molar-refractivity contribution < 1.29 is 0 Å². The third-order valence-electron chi connectivity index (χ3n) is 10.9. The first-order valence-electron chi connectivity index (χ1n) is 19.7. The standard InChI is InChI=1S/C56H38N2/c1-6-19-40(20-7-1)50-37-47(38-51(41-21-8-2-9-22-41)52(50)43-24-10-3-11-25-43)56-55(46-35-33-42(34-36-46)49-32-18-30-39-23-16-17-31-48(39)49)57-53(44-26-12-4-13-27-44)54(58-56)45-28-14-5-15-29-45/h1-38H. The zero-order valence-corrected chi connectivity index (χ0v) is 31.8. The van der Waals surface area contributed by atoms with E-state index in [1.165, 1.54) is 21.9 Å². The predicted octanol–water partition coefficient (Wildman–Crippen LogP) is 15.0. The Morgan fingerprint density at radius 1 is 0.224 bits per heavy atom. The molecule has 2 heteroatoms. The van der Waals surface area contributed by atoms with Gasteiger partial charge in [0.05, 0.1) is 22.8 Å². The monoisotopic (exact) mass is 738 g/mol. The molecule has 0 aliphatic carbocycles. The van der Waals surface area contributed by atoms with Crippen molar-refractivity contribution in [1.82, 2.24) is 9.97 Å². The molecule has 0 spiro atoms. The summed E-state index contributed by atoms with van der Waals surface area (Å²) < 4.78 is 0. The van der Waals surface area contributed by atoms with E-state index < -0.39 is 0 Å². The third kappa shape index (κ3) is 6.67. The van der Waals surface area contributed by atoms with Crippen molar-refractivity contribution in [2.45, 2.75) is 0 Å². The van der Waals surface area contributed by atoms with E-state index in [0.717, 1.165) is 78.4 Å².